The van der Waals surface area contributed by atoms with Crippen molar-refractivity contribution in [1.29, 1.82) is 0 Å². The summed E-state index contributed by atoms with van der Waals surface area (Å²) in [6.07, 6.45) is 4.87. The molecule has 80 valence electrons. The fourth-order valence-electron chi connectivity index (χ4n) is 1.65. The van der Waals surface area contributed by atoms with Crippen LogP contribution in [-0.4, -0.2) is 48.0 Å². The summed E-state index contributed by atoms with van der Waals surface area (Å²) in [7, 11) is 0. The molecule has 2 atom stereocenters. The van der Waals surface area contributed by atoms with Gasteiger partial charge in [-0.2, -0.15) is 0 Å². The van der Waals surface area contributed by atoms with E-state index in [-0.39, 0.29) is 6.10 Å². The Labute approximate surface area is 86.0 Å². The van der Waals surface area contributed by atoms with Gasteiger partial charge < -0.3 is 9.84 Å². The largest absolute Gasteiger partial charge is 0.389 e. The van der Waals surface area contributed by atoms with E-state index in [4.69, 9.17) is 11.2 Å². The van der Waals surface area contributed by atoms with Crippen molar-refractivity contribution in [3.8, 4) is 12.3 Å². The van der Waals surface area contributed by atoms with Crippen molar-refractivity contribution < 1.29 is 9.84 Å². The molecule has 1 aliphatic heterocycles. The van der Waals surface area contributed by atoms with Crippen LogP contribution in [0.25, 0.3) is 0 Å². The molecule has 1 aliphatic rings. The molecule has 1 N–H and O–H groups in total. The van der Waals surface area contributed by atoms with Crippen LogP contribution in [0.15, 0.2) is 0 Å². The molecule has 0 spiro atoms. The molecule has 0 amide bonds. The van der Waals surface area contributed by atoms with Crippen LogP contribution in [0.3, 0.4) is 0 Å². The van der Waals surface area contributed by atoms with Gasteiger partial charge in [0, 0.05) is 25.6 Å². The predicted octanol–water partition coefficient (Wildman–Crippen LogP) is 0.480. The van der Waals surface area contributed by atoms with Crippen molar-refractivity contribution in [1.82, 2.24) is 4.90 Å². The molecule has 2 unspecified atom stereocenters. The molecule has 0 aromatic carbocycles. The molecule has 0 aliphatic carbocycles. The van der Waals surface area contributed by atoms with Gasteiger partial charge in [-0.1, -0.05) is 0 Å². The number of aliphatic hydroxyl groups excluding tert-OH is 1. The van der Waals surface area contributed by atoms with Crippen LogP contribution in [0, 0.1) is 12.3 Å². The average molecular weight is 197 g/mol. The molecule has 0 aromatic rings. The van der Waals surface area contributed by atoms with Crippen molar-refractivity contribution in [2.45, 2.75) is 38.5 Å². The van der Waals surface area contributed by atoms with Crippen LogP contribution in [-0.2, 0) is 4.74 Å². The first-order valence-electron chi connectivity index (χ1n) is 5.12. The zero-order chi connectivity index (χ0) is 10.6. The highest BCUT2D eigenvalue weighted by molar-refractivity contribution is 4.91. The van der Waals surface area contributed by atoms with E-state index in [1.807, 2.05) is 0 Å². The van der Waals surface area contributed by atoms with Crippen LogP contribution < -0.4 is 0 Å². The van der Waals surface area contributed by atoms with E-state index < -0.39 is 6.10 Å². The smallest absolute Gasteiger partial charge is 0.0970 e. The maximum atomic E-state index is 9.68. The Morgan fingerprint density at radius 2 is 2.36 bits per heavy atom. The molecule has 1 saturated heterocycles. The Hall–Kier alpha value is -0.560. The van der Waals surface area contributed by atoms with Crippen molar-refractivity contribution in [2.75, 3.05) is 19.7 Å². The topological polar surface area (TPSA) is 32.7 Å². The number of hydrogen-bond acceptors (Lipinski definition) is 3. The molecule has 3 heteroatoms. The highest BCUT2D eigenvalue weighted by Gasteiger charge is 2.27. The molecular formula is C11H19NO2. The number of aliphatic hydroxyl groups is 1. The van der Waals surface area contributed by atoms with Crippen LogP contribution in [0.5, 0.6) is 0 Å². The number of nitrogens with zero attached hydrogens (tertiary/aromatic N) is 1. The van der Waals surface area contributed by atoms with Gasteiger partial charge in [-0.3, -0.25) is 4.90 Å². The molecule has 0 aromatic heterocycles. The van der Waals surface area contributed by atoms with E-state index in [0.29, 0.717) is 19.1 Å². The van der Waals surface area contributed by atoms with E-state index in [0.717, 1.165) is 13.1 Å². The summed E-state index contributed by atoms with van der Waals surface area (Å²) >= 11 is 0. The SMILES string of the molecule is C#CCC(O)C1CN(C(C)C)CCO1. The Morgan fingerprint density at radius 1 is 1.64 bits per heavy atom. The number of hydrogen-bond donors (Lipinski definition) is 1. The first-order chi connectivity index (χ1) is 6.65. The van der Waals surface area contributed by atoms with Crippen molar-refractivity contribution in [2.24, 2.45) is 0 Å². The normalized spacial score (nSPS) is 26.1. The standard InChI is InChI=1S/C11H19NO2/c1-4-5-10(13)11-8-12(9(2)3)6-7-14-11/h1,9-11,13H,5-8H2,2-3H3. The maximum absolute atomic E-state index is 9.68. The molecule has 1 heterocycles. The van der Waals surface area contributed by atoms with Gasteiger partial charge in [0.25, 0.3) is 0 Å². The minimum atomic E-state index is -0.526. The van der Waals surface area contributed by atoms with E-state index in [2.05, 4.69) is 24.7 Å². The molecular weight excluding hydrogens is 178 g/mol. The van der Waals surface area contributed by atoms with Crippen molar-refractivity contribution in [3.05, 3.63) is 0 Å². The summed E-state index contributed by atoms with van der Waals surface area (Å²) in [5, 5.41) is 9.68. The van der Waals surface area contributed by atoms with Gasteiger partial charge in [-0.05, 0) is 13.8 Å². The number of rotatable bonds is 3. The second kappa shape index (κ2) is 5.35. The van der Waals surface area contributed by atoms with Crippen LogP contribution in [0.1, 0.15) is 20.3 Å². The Morgan fingerprint density at radius 3 is 2.93 bits per heavy atom. The van der Waals surface area contributed by atoms with Crippen molar-refractivity contribution >= 4 is 0 Å². The lowest BCUT2D eigenvalue weighted by Crippen LogP contribution is -2.49. The summed E-state index contributed by atoms with van der Waals surface area (Å²) in [4.78, 5) is 2.30. The lowest BCUT2D eigenvalue weighted by atomic mass is 10.1. The summed E-state index contributed by atoms with van der Waals surface area (Å²) in [6, 6.07) is 0.499. The lowest BCUT2D eigenvalue weighted by molar-refractivity contribution is -0.0928. The monoisotopic (exact) mass is 197 g/mol. The summed E-state index contributed by atoms with van der Waals surface area (Å²) < 4.78 is 5.49. The third kappa shape index (κ3) is 2.98. The van der Waals surface area contributed by atoms with E-state index in [1.165, 1.54) is 0 Å². The van der Waals surface area contributed by atoms with Gasteiger partial charge in [-0.15, -0.1) is 12.3 Å². The fourth-order valence-corrected chi connectivity index (χ4v) is 1.65. The molecule has 1 fully saturated rings. The zero-order valence-corrected chi connectivity index (χ0v) is 8.94. The van der Waals surface area contributed by atoms with E-state index in [1.54, 1.807) is 0 Å². The molecule has 14 heavy (non-hydrogen) atoms. The Kier molecular flexibility index (Phi) is 4.40. The number of morpholine rings is 1. The molecule has 0 bridgehead atoms. The number of terminal acetylenes is 1. The number of ether oxygens (including phenoxy) is 1. The van der Waals surface area contributed by atoms with Crippen LogP contribution in [0.4, 0.5) is 0 Å². The summed E-state index contributed by atoms with van der Waals surface area (Å²) in [5.74, 6) is 2.46. The highest BCUT2D eigenvalue weighted by atomic mass is 16.5. The third-order valence-electron chi connectivity index (χ3n) is 2.61. The minimum absolute atomic E-state index is 0.123. The second-order valence-electron chi connectivity index (χ2n) is 3.97. The fraction of sp³-hybridized carbons (Fsp3) is 0.818. The zero-order valence-electron chi connectivity index (χ0n) is 8.94. The first kappa shape index (κ1) is 11.5. The van der Waals surface area contributed by atoms with Gasteiger partial charge in [0.2, 0.25) is 0 Å². The molecule has 0 radical (unpaired) electrons. The van der Waals surface area contributed by atoms with Crippen molar-refractivity contribution in [3.63, 3.8) is 0 Å². The van der Waals surface area contributed by atoms with E-state index in [9.17, 15) is 5.11 Å². The summed E-state index contributed by atoms with van der Waals surface area (Å²) in [6.45, 7) is 6.70. The predicted molar refractivity (Wildman–Crippen MR) is 55.9 cm³/mol. The van der Waals surface area contributed by atoms with Gasteiger partial charge in [0.05, 0.1) is 18.8 Å². The highest BCUT2D eigenvalue weighted by Crippen LogP contribution is 2.13. The third-order valence-corrected chi connectivity index (χ3v) is 2.61. The van der Waals surface area contributed by atoms with Gasteiger partial charge in [0.1, 0.15) is 0 Å². The van der Waals surface area contributed by atoms with Gasteiger partial charge >= 0.3 is 0 Å². The van der Waals surface area contributed by atoms with Crippen LogP contribution >= 0.6 is 0 Å². The lowest BCUT2D eigenvalue weighted by Gasteiger charge is -2.37. The van der Waals surface area contributed by atoms with Gasteiger partial charge in [-0.25, -0.2) is 0 Å². The molecule has 0 saturated carbocycles. The van der Waals surface area contributed by atoms with Crippen LogP contribution in [0.2, 0.25) is 0 Å². The maximum Gasteiger partial charge on any atom is 0.0970 e. The Bertz CT molecular complexity index is 210. The second-order valence-corrected chi connectivity index (χ2v) is 3.97. The molecule has 1 rings (SSSR count). The quantitative estimate of drug-likeness (QED) is 0.668. The summed E-state index contributed by atoms with van der Waals surface area (Å²) in [5.41, 5.74) is 0. The van der Waals surface area contributed by atoms with Gasteiger partial charge in [0.15, 0.2) is 0 Å². The Balaban J connectivity index is 2.44. The molecule has 3 nitrogen and oxygen atoms in total. The minimum Gasteiger partial charge on any atom is -0.389 e. The first-order valence-corrected chi connectivity index (χ1v) is 5.12. The van der Waals surface area contributed by atoms with E-state index >= 15 is 0 Å². The average Bonchev–Trinajstić information content (AvgIpc) is 2.18.